The number of carbonyl (C=O) groups excluding carboxylic acids is 1. The Labute approximate surface area is 112 Å². The molecule has 0 fully saturated rings. The first-order chi connectivity index (χ1) is 9.28. The molecule has 0 radical (unpaired) electrons. The standard InChI is InChI=1S/C15H16N2O2/c1-2-12-8-13(10-16-9-12)11-17-15(18)19-14-6-4-3-5-7-14/h3-10H,2,11H2,1H3,(H,17,18). The highest BCUT2D eigenvalue weighted by atomic mass is 16.5. The molecule has 1 aromatic heterocycles. The molecule has 4 heteroatoms. The average Bonchev–Trinajstić information content (AvgIpc) is 2.46. The molecule has 98 valence electrons. The quantitative estimate of drug-likeness (QED) is 0.915. The van der Waals surface area contributed by atoms with Crippen LogP contribution < -0.4 is 10.1 Å². The summed E-state index contributed by atoms with van der Waals surface area (Å²) in [4.78, 5) is 15.7. The zero-order valence-electron chi connectivity index (χ0n) is 10.8. The molecule has 0 atom stereocenters. The van der Waals surface area contributed by atoms with E-state index in [0.29, 0.717) is 12.3 Å². The van der Waals surface area contributed by atoms with Crippen molar-refractivity contribution < 1.29 is 9.53 Å². The maximum Gasteiger partial charge on any atom is 0.412 e. The number of amides is 1. The number of hydrogen-bond donors (Lipinski definition) is 1. The lowest BCUT2D eigenvalue weighted by molar-refractivity contribution is 0.200. The zero-order valence-corrected chi connectivity index (χ0v) is 10.8. The van der Waals surface area contributed by atoms with Gasteiger partial charge in [-0.3, -0.25) is 4.98 Å². The molecule has 0 aliphatic heterocycles. The molecule has 0 unspecified atom stereocenters. The Hall–Kier alpha value is -2.36. The normalized spacial score (nSPS) is 9.95. The first-order valence-electron chi connectivity index (χ1n) is 6.21. The van der Waals surface area contributed by atoms with E-state index in [9.17, 15) is 4.79 Å². The summed E-state index contributed by atoms with van der Waals surface area (Å²) in [5.41, 5.74) is 2.11. The van der Waals surface area contributed by atoms with E-state index < -0.39 is 6.09 Å². The van der Waals surface area contributed by atoms with Crippen molar-refractivity contribution in [3.05, 3.63) is 59.9 Å². The number of nitrogens with one attached hydrogen (secondary N) is 1. The number of ether oxygens (including phenoxy) is 1. The third-order valence-corrected chi connectivity index (χ3v) is 2.65. The maximum atomic E-state index is 11.6. The second-order valence-electron chi connectivity index (χ2n) is 4.11. The summed E-state index contributed by atoms with van der Waals surface area (Å²) in [6, 6.07) is 11.0. The molecule has 0 saturated carbocycles. The Morgan fingerprint density at radius 3 is 2.68 bits per heavy atom. The summed E-state index contributed by atoms with van der Waals surface area (Å²) < 4.78 is 5.12. The molecular weight excluding hydrogens is 240 g/mol. The summed E-state index contributed by atoms with van der Waals surface area (Å²) in [6.45, 7) is 2.48. The van der Waals surface area contributed by atoms with Crippen LogP contribution in [0.4, 0.5) is 4.79 Å². The van der Waals surface area contributed by atoms with Gasteiger partial charge in [-0.1, -0.05) is 31.2 Å². The van der Waals surface area contributed by atoms with Gasteiger partial charge >= 0.3 is 6.09 Å². The molecule has 4 nitrogen and oxygen atoms in total. The minimum absolute atomic E-state index is 0.409. The Morgan fingerprint density at radius 2 is 1.95 bits per heavy atom. The largest absolute Gasteiger partial charge is 0.412 e. The van der Waals surface area contributed by atoms with Gasteiger partial charge in [0, 0.05) is 18.9 Å². The summed E-state index contributed by atoms with van der Waals surface area (Å²) in [7, 11) is 0. The van der Waals surface area contributed by atoms with E-state index in [0.717, 1.165) is 17.5 Å². The summed E-state index contributed by atoms with van der Waals surface area (Å²) in [5, 5.41) is 2.70. The Morgan fingerprint density at radius 1 is 1.21 bits per heavy atom. The fourth-order valence-electron chi connectivity index (χ4n) is 1.64. The highest BCUT2D eigenvalue weighted by Crippen LogP contribution is 2.08. The van der Waals surface area contributed by atoms with Gasteiger partial charge in [0.1, 0.15) is 5.75 Å². The molecule has 0 aliphatic rings. The molecule has 0 aliphatic carbocycles. The van der Waals surface area contributed by atoms with Crippen LogP contribution in [-0.4, -0.2) is 11.1 Å². The van der Waals surface area contributed by atoms with Gasteiger partial charge in [0.15, 0.2) is 0 Å². The molecular formula is C15H16N2O2. The third-order valence-electron chi connectivity index (χ3n) is 2.65. The van der Waals surface area contributed by atoms with Crippen LogP contribution in [0.5, 0.6) is 5.75 Å². The molecule has 19 heavy (non-hydrogen) atoms. The summed E-state index contributed by atoms with van der Waals surface area (Å²) >= 11 is 0. The van der Waals surface area contributed by atoms with E-state index in [4.69, 9.17) is 4.74 Å². The van der Waals surface area contributed by atoms with Crippen LogP contribution >= 0.6 is 0 Å². The van der Waals surface area contributed by atoms with Gasteiger partial charge in [-0.2, -0.15) is 0 Å². The number of nitrogens with zero attached hydrogens (tertiary/aromatic N) is 1. The van der Waals surface area contributed by atoms with Crippen LogP contribution in [0.3, 0.4) is 0 Å². The van der Waals surface area contributed by atoms with Gasteiger partial charge in [0.2, 0.25) is 0 Å². The average molecular weight is 256 g/mol. The monoisotopic (exact) mass is 256 g/mol. The number of benzene rings is 1. The maximum absolute atomic E-state index is 11.6. The predicted octanol–water partition coefficient (Wildman–Crippen LogP) is 2.93. The van der Waals surface area contributed by atoms with Crippen LogP contribution in [0.1, 0.15) is 18.1 Å². The van der Waals surface area contributed by atoms with E-state index >= 15 is 0 Å². The number of para-hydroxylation sites is 1. The molecule has 2 aromatic rings. The molecule has 0 saturated heterocycles. The molecule has 1 amide bonds. The van der Waals surface area contributed by atoms with Crippen LogP contribution in [0.15, 0.2) is 48.8 Å². The van der Waals surface area contributed by atoms with E-state index in [1.54, 1.807) is 18.3 Å². The smallest absolute Gasteiger partial charge is 0.410 e. The van der Waals surface area contributed by atoms with Crippen LogP contribution in [0.2, 0.25) is 0 Å². The number of rotatable bonds is 4. The van der Waals surface area contributed by atoms with Gasteiger partial charge in [0.25, 0.3) is 0 Å². The number of aromatic nitrogens is 1. The summed E-state index contributed by atoms with van der Waals surface area (Å²) in [5.74, 6) is 0.528. The SMILES string of the molecule is CCc1cncc(CNC(=O)Oc2ccccc2)c1. The number of pyridine rings is 1. The second-order valence-corrected chi connectivity index (χ2v) is 4.11. The first kappa shape index (κ1) is 13.1. The van der Waals surface area contributed by atoms with E-state index in [-0.39, 0.29) is 0 Å². The van der Waals surface area contributed by atoms with Gasteiger partial charge < -0.3 is 10.1 Å². The molecule has 1 N–H and O–H groups in total. The van der Waals surface area contributed by atoms with Gasteiger partial charge in [0.05, 0.1) is 0 Å². The van der Waals surface area contributed by atoms with E-state index in [2.05, 4.69) is 17.2 Å². The Kier molecular flexibility index (Phi) is 4.50. The minimum atomic E-state index is -0.465. The summed E-state index contributed by atoms with van der Waals surface area (Å²) in [6.07, 6.45) is 4.02. The molecule has 1 heterocycles. The minimum Gasteiger partial charge on any atom is -0.410 e. The van der Waals surface area contributed by atoms with Crippen molar-refractivity contribution in [1.29, 1.82) is 0 Å². The Balaban J connectivity index is 1.86. The van der Waals surface area contributed by atoms with Crippen molar-refractivity contribution in [3.63, 3.8) is 0 Å². The van der Waals surface area contributed by atoms with E-state index in [1.165, 1.54) is 0 Å². The van der Waals surface area contributed by atoms with Crippen molar-refractivity contribution in [2.45, 2.75) is 19.9 Å². The van der Waals surface area contributed by atoms with Crippen LogP contribution in [0.25, 0.3) is 0 Å². The lowest BCUT2D eigenvalue weighted by Crippen LogP contribution is -2.26. The van der Waals surface area contributed by atoms with Crippen molar-refractivity contribution in [1.82, 2.24) is 10.3 Å². The molecule has 0 spiro atoms. The number of carbonyl (C=O) groups is 1. The highest BCUT2D eigenvalue weighted by molar-refractivity contribution is 5.70. The molecule has 0 bridgehead atoms. The lowest BCUT2D eigenvalue weighted by atomic mass is 10.2. The molecule has 1 aromatic carbocycles. The number of aryl methyl sites for hydroxylation is 1. The highest BCUT2D eigenvalue weighted by Gasteiger charge is 2.04. The van der Waals surface area contributed by atoms with Crippen molar-refractivity contribution in [2.24, 2.45) is 0 Å². The second kappa shape index (κ2) is 6.54. The van der Waals surface area contributed by atoms with Crippen LogP contribution in [0, 0.1) is 0 Å². The van der Waals surface area contributed by atoms with Crippen molar-refractivity contribution in [3.8, 4) is 5.75 Å². The molecule has 2 rings (SSSR count). The van der Waals surface area contributed by atoms with Crippen molar-refractivity contribution >= 4 is 6.09 Å². The van der Waals surface area contributed by atoms with E-state index in [1.807, 2.05) is 30.5 Å². The van der Waals surface area contributed by atoms with Crippen LogP contribution in [-0.2, 0) is 13.0 Å². The fourth-order valence-corrected chi connectivity index (χ4v) is 1.64. The van der Waals surface area contributed by atoms with Gasteiger partial charge in [-0.25, -0.2) is 4.79 Å². The number of hydrogen-bond acceptors (Lipinski definition) is 3. The van der Waals surface area contributed by atoms with Gasteiger partial charge in [-0.05, 0) is 29.7 Å². The Bertz CT molecular complexity index is 541. The van der Waals surface area contributed by atoms with Gasteiger partial charge in [-0.15, -0.1) is 0 Å². The first-order valence-corrected chi connectivity index (χ1v) is 6.21. The topological polar surface area (TPSA) is 51.2 Å². The lowest BCUT2D eigenvalue weighted by Gasteiger charge is -2.07. The zero-order chi connectivity index (χ0) is 13.5. The van der Waals surface area contributed by atoms with Crippen molar-refractivity contribution in [2.75, 3.05) is 0 Å². The fraction of sp³-hybridized carbons (Fsp3) is 0.200. The third kappa shape index (κ3) is 4.10. The predicted molar refractivity (Wildman–Crippen MR) is 72.9 cm³/mol.